The first-order valence-electron chi connectivity index (χ1n) is 6.37. The molecule has 0 aliphatic carbocycles. The van der Waals surface area contributed by atoms with Crippen molar-refractivity contribution in [3.8, 4) is 0 Å². The molecule has 0 saturated carbocycles. The number of carbonyl (C=O) groups is 1. The Morgan fingerprint density at radius 3 is 2.76 bits per heavy atom. The number of amides is 1. The Kier molecular flexibility index (Phi) is 3.49. The number of nitrogens with one attached hydrogen (secondary N) is 1. The van der Waals surface area contributed by atoms with E-state index in [4.69, 9.17) is 5.73 Å². The highest BCUT2D eigenvalue weighted by Gasteiger charge is 2.20. The molecule has 3 N–H and O–H groups in total. The van der Waals surface area contributed by atoms with Crippen molar-refractivity contribution in [2.24, 2.45) is 0 Å². The molecule has 1 unspecified atom stereocenters. The molecule has 21 heavy (non-hydrogen) atoms. The topological polar surface area (TPSA) is 93.8 Å². The largest absolute Gasteiger partial charge is 0.396 e. The van der Waals surface area contributed by atoms with Crippen LogP contribution in [0.1, 0.15) is 28.3 Å². The minimum Gasteiger partial charge on any atom is -0.396 e. The predicted octanol–water partition coefficient (Wildman–Crippen LogP) is 2.16. The molecule has 0 aliphatic rings. The molecule has 3 heterocycles. The van der Waals surface area contributed by atoms with Crippen LogP contribution < -0.4 is 11.1 Å². The first kappa shape index (κ1) is 13.4. The van der Waals surface area contributed by atoms with Gasteiger partial charge in [0.25, 0.3) is 5.91 Å². The van der Waals surface area contributed by atoms with E-state index in [9.17, 15) is 4.79 Å². The smallest absolute Gasteiger partial charge is 0.264 e. The standard InChI is InChI=1S/C14H13N5OS/c1-8(9-4-2-3-5-16-9)19-13(20)12-10(15)11-14(21-12)18-7-6-17-11/h2-8H,15H2,1H3,(H,19,20). The molecule has 3 aromatic rings. The van der Waals surface area contributed by atoms with Crippen LogP contribution in [-0.2, 0) is 0 Å². The number of aromatic nitrogens is 3. The molecule has 0 fully saturated rings. The Labute approximate surface area is 125 Å². The van der Waals surface area contributed by atoms with E-state index in [-0.39, 0.29) is 11.9 Å². The molecule has 1 amide bonds. The van der Waals surface area contributed by atoms with E-state index in [2.05, 4.69) is 20.3 Å². The van der Waals surface area contributed by atoms with Crippen LogP contribution in [0.5, 0.6) is 0 Å². The number of hydrogen-bond acceptors (Lipinski definition) is 6. The summed E-state index contributed by atoms with van der Waals surface area (Å²) in [4.78, 5) is 26.0. The van der Waals surface area contributed by atoms with Crippen molar-refractivity contribution in [1.82, 2.24) is 20.3 Å². The van der Waals surface area contributed by atoms with E-state index in [1.54, 1.807) is 18.6 Å². The molecule has 7 heteroatoms. The van der Waals surface area contributed by atoms with Gasteiger partial charge in [-0.15, -0.1) is 11.3 Å². The van der Waals surface area contributed by atoms with Gasteiger partial charge in [0.05, 0.1) is 17.4 Å². The van der Waals surface area contributed by atoms with E-state index < -0.39 is 0 Å². The van der Waals surface area contributed by atoms with Crippen molar-refractivity contribution in [3.63, 3.8) is 0 Å². The molecule has 6 nitrogen and oxygen atoms in total. The SMILES string of the molecule is CC(NC(=O)c1sc2nccnc2c1N)c1ccccn1. The summed E-state index contributed by atoms with van der Waals surface area (Å²) in [5.41, 5.74) is 7.72. The Hall–Kier alpha value is -2.54. The first-order valence-corrected chi connectivity index (χ1v) is 7.19. The number of carbonyl (C=O) groups excluding carboxylic acids is 1. The van der Waals surface area contributed by atoms with Crippen molar-refractivity contribution >= 4 is 33.3 Å². The fourth-order valence-corrected chi connectivity index (χ4v) is 2.91. The number of anilines is 1. The summed E-state index contributed by atoms with van der Waals surface area (Å²) < 4.78 is 0. The maximum absolute atomic E-state index is 12.4. The monoisotopic (exact) mass is 299 g/mol. The van der Waals surface area contributed by atoms with E-state index >= 15 is 0 Å². The Bertz CT molecular complexity index is 786. The van der Waals surface area contributed by atoms with Gasteiger partial charge in [-0.05, 0) is 19.1 Å². The third-order valence-electron chi connectivity index (χ3n) is 3.05. The minimum atomic E-state index is -0.240. The van der Waals surface area contributed by atoms with Gasteiger partial charge in [0.1, 0.15) is 15.2 Å². The zero-order valence-corrected chi connectivity index (χ0v) is 12.1. The lowest BCUT2D eigenvalue weighted by Crippen LogP contribution is -2.27. The summed E-state index contributed by atoms with van der Waals surface area (Å²) in [6, 6.07) is 5.37. The number of nitrogen functional groups attached to an aromatic ring is 1. The second-order valence-electron chi connectivity index (χ2n) is 4.50. The zero-order chi connectivity index (χ0) is 14.8. The van der Waals surface area contributed by atoms with Crippen molar-refractivity contribution in [2.45, 2.75) is 13.0 Å². The number of pyridine rings is 1. The van der Waals surface area contributed by atoms with Crippen molar-refractivity contribution in [3.05, 3.63) is 47.4 Å². The second-order valence-corrected chi connectivity index (χ2v) is 5.50. The van der Waals surface area contributed by atoms with Crippen LogP contribution in [0.25, 0.3) is 10.3 Å². The van der Waals surface area contributed by atoms with E-state index in [0.29, 0.717) is 20.9 Å². The van der Waals surface area contributed by atoms with Crippen LogP contribution in [0.3, 0.4) is 0 Å². The third-order valence-corrected chi connectivity index (χ3v) is 4.15. The van der Waals surface area contributed by atoms with Crippen molar-refractivity contribution in [2.75, 3.05) is 5.73 Å². The van der Waals surface area contributed by atoms with Gasteiger partial charge in [0.2, 0.25) is 0 Å². The molecular formula is C14H13N5OS. The number of nitrogens with zero attached hydrogens (tertiary/aromatic N) is 3. The Morgan fingerprint density at radius 2 is 2.05 bits per heavy atom. The summed E-state index contributed by atoms with van der Waals surface area (Å²) >= 11 is 1.24. The summed E-state index contributed by atoms with van der Waals surface area (Å²) in [6.45, 7) is 1.88. The molecule has 3 rings (SSSR count). The molecule has 3 aromatic heterocycles. The summed E-state index contributed by atoms with van der Waals surface area (Å²) in [5.74, 6) is -0.240. The molecule has 0 aliphatic heterocycles. The number of nitrogens with two attached hydrogens (primary N) is 1. The highest BCUT2D eigenvalue weighted by molar-refractivity contribution is 7.21. The quantitative estimate of drug-likeness (QED) is 0.773. The molecule has 0 aromatic carbocycles. The van der Waals surface area contributed by atoms with Crippen LogP contribution in [0.15, 0.2) is 36.8 Å². The van der Waals surface area contributed by atoms with Crippen molar-refractivity contribution in [1.29, 1.82) is 0 Å². The molecule has 106 valence electrons. The lowest BCUT2D eigenvalue weighted by Gasteiger charge is -2.12. The predicted molar refractivity (Wildman–Crippen MR) is 81.9 cm³/mol. The normalized spacial score (nSPS) is 12.2. The van der Waals surface area contributed by atoms with Gasteiger partial charge in [-0.1, -0.05) is 6.07 Å². The van der Waals surface area contributed by atoms with Gasteiger partial charge in [0.15, 0.2) is 0 Å². The fourth-order valence-electron chi connectivity index (χ4n) is 1.98. The number of fused-ring (bicyclic) bond motifs is 1. The van der Waals surface area contributed by atoms with Gasteiger partial charge in [-0.3, -0.25) is 9.78 Å². The van der Waals surface area contributed by atoms with E-state index in [0.717, 1.165) is 5.69 Å². The van der Waals surface area contributed by atoms with Crippen LogP contribution >= 0.6 is 11.3 Å². The highest BCUT2D eigenvalue weighted by atomic mass is 32.1. The average molecular weight is 299 g/mol. The van der Waals surface area contributed by atoms with Crippen LogP contribution in [0, 0.1) is 0 Å². The number of hydrogen-bond donors (Lipinski definition) is 2. The molecule has 0 spiro atoms. The maximum atomic E-state index is 12.4. The van der Waals surface area contributed by atoms with Gasteiger partial charge in [-0.25, -0.2) is 9.97 Å². The lowest BCUT2D eigenvalue weighted by atomic mass is 10.2. The molecule has 0 radical (unpaired) electrons. The highest BCUT2D eigenvalue weighted by Crippen LogP contribution is 2.30. The first-order chi connectivity index (χ1) is 10.2. The fraction of sp³-hybridized carbons (Fsp3) is 0.143. The maximum Gasteiger partial charge on any atom is 0.264 e. The third kappa shape index (κ3) is 2.55. The number of rotatable bonds is 3. The molecule has 0 bridgehead atoms. The van der Waals surface area contributed by atoms with Crippen molar-refractivity contribution < 1.29 is 4.79 Å². The Balaban J connectivity index is 1.86. The number of thiophene rings is 1. The van der Waals surface area contributed by atoms with Gasteiger partial charge < -0.3 is 11.1 Å². The van der Waals surface area contributed by atoms with Crippen LogP contribution in [0.4, 0.5) is 5.69 Å². The Morgan fingerprint density at radius 1 is 1.24 bits per heavy atom. The molecular weight excluding hydrogens is 286 g/mol. The van der Waals surface area contributed by atoms with Gasteiger partial charge >= 0.3 is 0 Å². The summed E-state index contributed by atoms with van der Waals surface area (Å²) in [5, 5.41) is 2.89. The van der Waals surface area contributed by atoms with Gasteiger partial charge in [0, 0.05) is 18.6 Å². The van der Waals surface area contributed by atoms with Gasteiger partial charge in [-0.2, -0.15) is 0 Å². The van der Waals surface area contributed by atoms with Crippen LogP contribution in [-0.4, -0.2) is 20.9 Å². The van der Waals surface area contributed by atoms with E-state index in [1.807, 2.05) is 25.1 Å². The average Bonchev–Trinajstić information content (AvgIpc) is 2.86. The molecule has 0 saturated heterocycles. The second kappa shape index (κ2) is 5.45. The summed E-state index contributed by atoms with van der Waals surface area (Å²) in [7, 11) is 0. The lowest BCUT2D eigenvalue weighted by molar-refractivity contribution is 0.0944. The summed E-state index contributed by atoms with van der Waals surface area (Å²) in [6.07, 6.45) is 4.83. The minimum absolute atomic E-state index is 0.204. The molecule has 1 atom stereocenters. The van der Waals surface area contributed by atoms with Crippen LogP contribution in [0.2, 0.25) is 0 Å². The zero-order valence-electron chi connectivity index (χ0n) is 11.3. The van der Waals surface area contributed by atoms with E-state index in [1.165, 1.54) is 11.3 Å².